The van der Waals surface area contributed by atoms with Crippen LogP contribution in [0.15, 0.2) is 42.5 Å². The van der Waals surface area contributed by atoms with Crippen LogP contribution in [-0.2, 0) is 10.0 Å². The van der Waals surface area contributed by atoms with Gasteiger partial charge in [-0.05, 0) is 44.2 Å². The number of piperazine rings is 1. The van der Waals surface area contributed by atoms with Crippen LogP contribution >= 0.6 is 0 Å². The number of methoxy groups -OCH3 is 1. The molecular formula is C24H33N3O6S. The summed E-state index contributed by atoms with van der Waals surface area (Å²) in [6, 6.07) is 12.6. The van der Waals surface area contributed by atoms with Gasteiger partial charge in [-0.2, -0.15) is 4.31 Å². The van der Waals surface area contributed by atoms with Crippen LogP contribution in [0.1, 0.15) is 24.2 Å². The molecule has 10 heteroatoms. The van der Waals surface area contributed by atoms with Gasteiger partial charge < -0.3 is 24.4 Å². The van der Waals surface area contributed by atoms with Crippen molar-refractivity contribution in [1.29, 1.82) is 0 Å². The molecule has 0 saturated carbocycles. The number of anilines is 1. The Hall–Kier alpha value is -2.98. The third-order valence-electron chi connectivity index (χ3n) is 5.51. The fourth-order valence-electron chi connectivity index (χ4n) is 3.82. The summed E-state index contributed by atoms with van der Waals surface area (Å²) in [5.74, 6) is 1.29. The number of hydrogen-bond acceptors (Lipinski definition) is 7. The van der Waals surface area contributed by atoms with Gasteiger partial charge in [-0.15, -0.1) is 0 Å². The third-order valence-corrected chi connectivity index (χ3v) is 7.38. The van der Waals surface area contributed by atoms with Gasteiger partial charge in [0, 0.05) is 38.3 Å². The average Bonchev–Trinajstić information content (AvgIpc) is 2.85. The van der Waals surface area contributed by atoms with Gasteiger partial charge in [-0.1, -0.05) is 12.1 Å². The summed E-state index contributed by atoms with van der Waals surface area (Å²) in [4.78, 5) is 14.7. The monoisotopic (exact) mass is 491 g/mol. The SMILES string of the molecule is CCOc1ccc(C(=O)NCCS(=O)(=O)N2CCN(c3ccccc3OC)CC2)cc1OCC. The Bertz CT molecular complexity index is 1070. The molecular weight excluding hydrogens is 458 g/mol. The fraction of sp³-hybridized carbons (Fsp3) is 0.458. The van der Waals surface area contributed by atoms with Crippen molar-refractivity contribution in [3.63, 3.8) is 0 Å². The number of nitrogens with one attached hydrogen (secondary N) is 1. The Morgan fingerprint density at radius 1 is 0.941 bits per heavy atom. The van der Waals surface area contributed by atoms with Gasteiger partial charge in [0.1, 0.15) is 5.75 Å². The van der Waals surface area contributed by atoms with Crippen LogP contribution in [0, 0.1) is 0 Å². The minimum atomic E-state index is -3.50. The van der Waals surface area contributed by atoms with E-state index in [0.29, 0.717) is 56.5 Å². The van der Waals surface area contributed by atoms with Crippen molar-refractivity contribution in [3.05, 3.63) is 48.0 Å². The molecule has 0 radical (unpaired) electrons. The van der Waals surface area contributed by atoms with E-state index in [1.54, 1.807) is 25.3 Å². The predicted octanol–water partition coefficient (Wildman–Crippen LogP) is 2.37. The second-order valence-corrected chi connectivity index (χ2v) is 9.75. The van der Waals surface area contributed by atoms with Gasteiger partial charge in [0.05, 0.1) is 31.8 Å². The van der Waals surface area contributed by atoms with E-state index in [9.17, 15) is 13.2 Å². The molecule has 3 rings (SSSR count). The fourth-order valence-corrected chi connectivity index (χ4v) is 5.15. The smallest absolute Gasteiger partial charge is 0.251 e. The van der Waals surface area contributed by atoms with Crippen LogP contribution in [0.4, 0.5) is 5.69 Å². The zero-order valence-electron chi connectivity index (χ0n) is 20.0. The Balaban J connectivity index is 1.53. The van der Waals surface area contributed by atoms with Crippen LogP contribution in [-0.4, -0.2) is 77.4 Å². The van der Waals surface area contributed by atoms with E-state index in [0.717, 1.165) is 11.4 Å². The number of nitrogens with zero attached hydrogens (tertiary/aromatic N) is 2. The van der Waals surface area contributed by atoms with E-state index in [1.165, 1.54) is 4.31 Å². The third kappa shape index (κ3) is 6.32. The highest BCUT2D eigenvalue weighted by Gasteiger charge is 2.27. The van der Waals surface area contributed by atoms with Gasteiger partial charge in [-0.3, -0.25) is 4.79 Å². The van der Waals surface area contributed by atoms with Gasteiger partial charge in [-0.25, -0.2) is 8.42 Å². The maximum atomic E-state index is 12.8. The molecule has 0 aromatic heterocycles. The minimum Gasteiger partial charge on any atom is -0.495 e. The van der Waals surface area contributed by atoms with Crippen molar-refractivity contribution >= 4 is 21.6 Å². The molecule has 1 aliphatic rings. The number of hydrogen-bond donors (Lipinski definition) is 1. The van der Waals surface area contributed by atoms with Crippen LogP contribution in [0.25, 0.3) is 0 Å². The molecule has 2 aromatic rings. The highest BCUT2D eigenvalue weighted by molar-refractivity contribution is 7.89. The standard InChI is InChI=1S/C24H33N3O6S/c1-4-32-22-11-10-19(18-23(22)33-5-2)24(28)25-12-17-34(29,30)27-15-13-26(14-16-27)20-8-6-7-9-21(20)31-3/h6-11,18H,4-5,12-17H2,1-3H3,(H,25,28). The van der Waals surface area contributed by atoms with E-state index in [1.807, 2.05) is 38.1 Å². The van der Waals surface area contributed by atoms with Crippen LogP contribution in [0.3, 0.4) is 0 Å². The summed E-state index contributed by atoms with van der Waals surface area (Å²) in [7, 11) is -1.87. The van der Waals surface area contributed by atoms with Crippen molar-refractivity contribution in [2.75, 3.05) is 63.7 Å². The molecule has 1 N–H and O–H groups in total. The van der Waals surface area contributed by atoms with Crippen molar-refractivity contribution in [1.82, 2.24) is 9.62 Å². The number of para-hydroxylation sites is 2. The molecule has 0 bridgehead atoms. The van der Waals surface area contributed by atoms with Crippen LogP contribution < -0.4 is 24.4 Å². The summed E-state index contributed by atoms with van der Waals surface area (Å²) < 4.78 is 43.6. The van der Waals surface area contributed by atoms with Gasteiger partial charge in [0.25, 0.3) is 5.91 Å². The molecule has 1 heterocycles. The first-order chi connectivity index (χ1) is 16.4. The molecule has 0 unspecified atom stereocenters. The van der Waals surface area contributed by atoms with E-state index in [-0.39, 0.29) is 18.2 Å². The minimum absolute atomic E-state index is 0.0189. The number of benzene rings is 2. The molecule has 186 valence electrons. The zero-order valence-corrected chi connectivity index (χ0v) is 20.8. The van der Waals surface area contributed by atoms with Gasteiger partial charge >= 0.3 is 0 Å². The second-order valence-electron chi connectivity index (χ2n) is 7.66. The van der Waals surface area contributed by atoms with Crippen molar-refractivity contribution in [2.45, 2.75) is 13.8 Å². The van der Waals surface area contributed by atoms with E-state index < -0.39 is 10.0 Å². The lowest BCUT2D eigenvalue weighted by Crippen LogP contribution is -2.50. The first-order valence-corrected chi connectivity index (χ1v) is 13.0. The highest BCUT2D eigenvalue weighted by atomic mass is 32.2. The summed E-state index contributed by atoms with van der Waals surface area (Å²) in [5.41, 5.74) is 1.34. The normalized spacial score (nSPS) is 14.5. The molecule has 1 saturated heterocycles. The number of carbonyl (C=O) groups excluding carboxylic acids is 1. The number of rotatable bonds is 11. The lowest BCUT2D eigenvalue weighted by molar-refractivity contribution is 0.0955. The van der Waals surface area contributed by atoms with Crippen molar-refractivity contribution < 1.29 is 27.4 Å². The summed E-state index contributed by atoms with van der Waals surface area (Å²) in [6.07, 6.45) is 0. The molecule has 1 aliphatic heterocycles. The Morgan fingerprint density at radius 2 is 1.62 bits per heavy atom. The summed E-state index contributed by atoms with van der Waals surface area (Å²) in [5, 5.41) is 2.70. The van der Waals surface area contributed by atoms with Crippen LogP contribution in [0.2, 0.25) is 0 Å². The average molecular weight is 492 g/mol. The van der Waals surface area contributed by atoms with Crippen molar-refractivity contribution in [3.8, 4) is 17.2 Å². The number of amides is 1. The quantitative estimate of drug-likeness (QED) is 0.515. The number of carbonyl (C=O) groups is 1. The Morgan fingerprint density at radius 3 is 2.29 bits per heavy atom. The largest absolute Gasteiger partial charge is 0.495 e. The topological polar surface area (TPSA) is 97.4 Å². The predicted molar refractivity (Wildman–Crippen MR) is 132 cm³/mol. The lowest BCUT2D eigenvalue weighted by atomic mass is 10.2. The molecule has 0 atom stereocenters. The number of ether oxygens (including phenoxy) is 3. The maximum Gasteiger partial charge on any atom is 0.251 e. The van der Waals surface area contributed by atoms with E-state index in [2.05, 4.69) is 10.2 Å². The Kier molecular flexibility index (Phi) is 9.00. The second kappa shape index (κ2) is 11.9. The first-order valence-electron chi connectivity index (χ1n) is 11.4. The van der Waals surface area contributed by atoms with Crippen LogP contribution in [0.5, 0.6) is 17.2 Å². The molecule has 34 heavy (non-hydrogen) atoms. The van der Waals surface area contributed by atoms with Crippen molar-refractivity contribution in [2.24, 2.45) is 0 Å². The van der Waals surface area contributed by atoms with Gasteiger partial charge in [0.15, 0.2) is 11.5 Å². The Labute approximate surface area is 201 Å². The van der Waals surface area contributed by atoms with E-state index in [4.69, 9.17) is 14.2 Å². The maximum absolute atomic E-state index is 12.8. The number of sulfonamides is 1. The van der Waals surface area contributed by atoms with Gasteiger partial charge in [0.2, 0.25) is 10.0 Å². The lowest BCUT2D eigenvalue weighted by Gasteiger charge is -2.36. The molecule has 1 fully saturated rings. The first kappa shape index (κ1) is 25.6. The molecule has 2 aromatic carbocycles. The van der Waals surface area contributed by atoms with E-state index >= 15 is 0 Å². The molecule has 1 amide bonds. The highest BCUT2D eigenvalue weighted by Crippen LogP contribution is 2.29. The molecule has 9 nitrogen and oxygen atoms in total. The zero-order chi connectivity index (χ0) is 24.6. The summed E-state index contributed by atoms with van der Waals surface area (Å²) in [6.45, 7) is 6.56. The molecule has 0 aliphatic carbocycles. The summed E-state index contributed by atoms with van der Waals surface area (Å²) >= 11 is 0. The molecule has 0 spiro atoms.